The van der Waals surface area contributed by atoms with Gasteiger partial charge in [-0.25, -0.2) is 4.79 Å². The number of carboxylic acid groups (broad SMARTS) is 1. The van der Waals surface area contributed by atoms with Crippen molar-refractivity contribution in [2.75, 3.05) is 0 Å². The number of hydrogen-bond donors (Lipinski definition) is 1. The van der Waals surface area contributed by atoms with Gasteiger partial charge in [-0.2, -0.15) is 0 Å². The molecule has 1 aliphatic carbocycles. The Balaban J connectivity index is 1.84. The Morgan fingerprint density at radius 1 is 1.20 bits per heavy atom. The van der Waals surface area contributed by atoms with Crippen molar-refractivity contribution in [3.8, 4) is 5.00 Å². The summed E-state index contributed by atoms with van der Waals surface area (Å²) in [5.41, 5.74) is 2.59. The summed E-state index contributed by atoms with van der Waals surface area (Å²) < 4.78 is 1.93. The van der Waals surface area contributed by atoms with Crippen LogP contribution in [0, 0.1) is 6.92 Å². The lowest BCUT2D eigenvalue weighted by molar-refractivity contribution is 0.0696. The van der Waals surface area contributed by atoms with Crippen molar-refractivity contribution < 1.29 is 9.90 Å². The van der Waals surface area contributed by atoms with Crippen molar-refractivity contribution >= 4 is 17.3 Å². The lowest BCUT2D eigenvalue weighted by atomic mass is 9.95. The molecule has 4 rings (SSSR count). The summed E-state index contributed by atoms with van der Waals surface area (Å²) >= 11 is 1.59. The summed E-state index contributed by atoms with van der Waals surface area (Å²) in [6, 6.07) is 10.1. The van der Waals surface area contributed by atoms with Crippen LogP contribution >= 0.6 is 11.3 Å². The number of nitrogens with zero attached hydrogens (tertiary/aromatic N) is 3. The van der Waals surface area contributed by atoms with Gasteiger partial charge in [0.15, 0.2) is 0 Å². The average Bonchev–Trinajstić information content (AvgIpc) is 3.16. The summed E-state index contributed by atoms with van der Waals surface area (Å²) in [5, 5.41) is 19.1. The van der Waals surface area contributed by atoms with Gasteiger partial charge in [-0.15, -0.1) is 21.5 Å². The highest BCUT2D eigenvalue weighted by Crippen LogP contribution is 2.37. The van der Waals surface area contributed by atoms with Crippen molar-refractivity contribution in [2.45, 2.75) is 39.0 Å². The van der Waals surface area contributed by atoms with Crippen molar-refractivity contribution in [3.05, 3.63) is 63.5 Å². The van der Waals surface area contributed by atoms with E-state index in [0.717, 1.165) is 53.5 Å². The van der Waals surface area contributed by atoms with E-state index in [-0.39, 0.29) is 0 Å². The predicted molar refractivity (Wildman–Crippen MR) is 96.8 cm³/mol. The van der Waals surface area contributed by atoms with Gasteiger partial charge in [0.2, 0.25) is 0 Å². The fourth-order valence-electron chi connectivity index (χ4n) is 3.49. The largest absolute Gasteiger partial charge is 0.478 e. The van der Waals surface area contributed by atoms with Crippen LogP contribution in [0.4, 0.5) is 0 Å². The zero-order valence-corrected chi connectivity index (χ0v) is 14.8. The van der Waals surface area contributed by atoms with Crippen molar-refractivity contribution in [1.29, 1.82) is 0 Å². The number of aromatic carboxylic acids is 1. The molecule has 0 atom stereocenters. The molecule has 1 aromatic carbocycles. The Labute approximate surface area is 150 Å². The third-order valence-electron chi connectivity index (χ3n) is 4.67. The minimum Gasteiger partial charge on any atom is -0.478 e. The van der Waals surface area contributed by atoms with Gasteiger partial charge in [0.05, 0.1) is 5.56 Å². The van der Waals surface area contributed by atoms with Crippen LogP contribution in [0.25, 0.3) is 5.00 Å². The molecule has 128 valence electrons. The highest BCUT2D eigenvalue weighted by molar-refractivity contribution is 7.15. The van der Waals surface area contributed by atoms with Crippen LogP contribution in [0.2, 0.25) is 0 Å². The van der Waals surface area contributed by atoms with E-state index in [9.17, 15) is 9.90 Å². The Hall–Kier alpha value is -2.47. The molecule has 6 heteroatoms. The number of carbonyl (C=O) groups is 1. The van der Waals surface area contributed by atoms with Crippen molar-refractivity contribution in [3.63, 3.8) is 0 Å². The van der Waals surface area contributed by atoms with Gasteiger partial charge in [0, 0.05) is 11.3 Å². The molecular formula is C19H19N3O2S. The second-order valence-corrected chi connectivity index (χ2v) is 7.44. The molecule has 1 N–H and O–H groups in total. The molecule has 0 aliphatic heterocycles. The van der Waals surface area contributed by atoms with Crippen molar-refractivity contribution in [2.24, 2.45) is 0 Å². The van der Waals surface area contributed by atoms with Crippen LogP contribution in [0.1, 0.15) is 50.9 Å². The van der Waals surface area contributed by atoms with E-state index in [1.165, 1.54) is 4.88 Å². The minimum atomic E-state index is -0.854. The van der Waals surface area contributed by atoms with E-state index in [4.69, 9.17) is 0 Å². The second-order valence-electron chi connectivity index (χ2n) is 6.36. The second kappa shape index (κ2) is 6.44. The van der Waals surface area contributed by atoms with Crippen LogP contribution < -0.4 is 0 Å². The van der Waals surface area contributed by atoms with Crippen LogP contribution in [0.15, 0.2) is 30.3 Å². The standard InChI is InChI=1S/C19H19N3O2S/c1-12-20-21-16(11-13-7-3-2-4-8-13)22(12)18-17(19(23)24)14-9-5-6-10-15(14)25-18/h2-4,7-8H,5-6,9-11H2,1H3,(H,23,24). The molecule has 0 spiro atoms. The lowest BCUT2D eigenvalue weighted by Gasteiger charge is -2.11. The van der Waals surface area contributed by atoms with Crippen molar-refractivity contribution in [1.82, 2.24) is 14.8 Å². The maximum absolute atomic E-state index is 12.0. The molecule has 0 amide bonds. The van der Waals surface area contributed by atoms with Gasteiger partial charge in [0.1, 0.15) is 16.6 Å². The maximum atomic E-state index is 12.0. The molecule has 2 aromatic heterocycles. The summed E-state index contributed by atoms with van der Waals surface area (Å²) in [6.45, 7) is 1.88. The highest BCUT2D eigenvalue weighted by atomic mass is 32.1. The number of hydrogen-bond acceptors (Lipinski definition) is 4. The molecule has 3 aromatic rings. The van der Waals surface area contributed by atoms with Crippen LogP contribution in [-0.2, 0) is 19.3 Å². The van der Waals surface area contributed by atoms with Crippen LogP contribution in [0.5, 0.6) is 0 Å². The number of fused-ring (bicyclic) bond motifs is 1. The zero-order valence-electron chi connectivity index (χ0n) is 14.0. The highest BCUT2D eigenvalue weighted by Gasteiger charge is 2.28. The SMILES string of the molecule is Cc1nnc(Cc2ccccc2)n1-c1sc2c(c1C(=O)O)CCCC2. The van der Waals surface area contributed by atoms with E-state index in [2.05, 4.69) is 10.2 Å². The summed E-state index contributed by atoms with van der Waals surface area (Å²) in [6.07, 6.45) is 4.63. The average molecular weight is 353 g/mol. The summed E-state index contributed by atoms with van der Waals surface area (Å²) in [4.78, 5) is 13.2. The van der Waals surface area contributed by atoms with Gasteiger partial charge in [-0.05, 0) is 43.7 Å². The smallest absolute Gasteiger partial charge is 0.339 e. The number of benzene rings is 1. The Bertz CT molecular complexity index is 928. The predicted octanol–water partition coefficient (Wildman–Crippen LogP) is 3.81. The minimum absolute atomic E-state index is 0.442. The molecule has 0 radical (unpaired) electrons. The first-order valence-corrected chi connectivity index (χ1v) is 9.30. The first-order chi connectivity index (χ1) is 12.1. The normalized spacial score (nSPS) is 13.6. The Morgan fingerprint density at radius 3 is 2.72 bits per heavy atom. The molecular weight excluding hydrogens is 334 g/mol. The number of aryl methyl sites for hydroxylation is 2. The van der Waals surface area contributed by atoms with E-state index in [1.807, 2.05) is 41.8 Å². The molecule has 0 saturated heterocycles. The van der Waals surface area contributed by atoms with Crippen LogP contribution in [-0.4, -0.2) is 25.8 Å². The lowest BCUT2D eigenvalue weighted by Crippen LogP contribution is -2.10. The molecule has 0 fully saturated rings. The van der Waals surface area contributed by atoms with E-state index >= 15 is 0 Å². The fourth-order valence-corrected chi connectivity index (χ4v) is 4.94. The van der Waals surface area contributed by atoms with E-state index in [1.54, 1.807) is 11.3 Å². The maximum Gasteiger partial charge on any atom is 0.339 e. The first kappa shape index (κ1) is 16.0. The molecule has 0 unspecified atom stereocenters. The number of thiophene rings is 1. The van der Waals surface area contributed by atoms with Crippen LogP contribution in [0.3, 0.4) is 0 Å². The molecule has 0 bridgehead atoms. The monoisotopic (exact) mass is 353 g/mol. The molecule has 0 saturated carbocycles. The van der Waals surface area contributed by atoms with Gasteiger partial charge in [-0.1, -0.05) is 30.3 Å². The first-order valence-electron chi connectivity index (χ1n) is 8.48. The quantitative estimate of drug-likeness (QED) is 0.774. The number of rotatable bonds is 4. The van der Waals surface area contributed by atoms with Gasteiger partial charge in [-0.3, -0.25) is 4.57 Å². The summed E-state index contributed by atoms with van der Waals surface area (Å²) in [7, 11) is 0. The molecule has 5 nitrogen and oxygen atoms in total. The fraction of sp³-hybridized carbons (Fsp3) is 0.316. The van der Waals surface area contributed by atoms with Gasteiger partial charge < -0.3 is 5.11 Å². The van der Waals surface area contributed by atoms with E-state index in [0.29, 0.717) is 12.0 Å². The molecule has 2 heterocycles. The molecule has 1 aliphatic rings. The molecule has 25 heavy (non-hydrogen) atoms. The van der Waals surface area contributed by atoms with Gasteiger partial charge in [0.25, 0.3) is 0 Å². The third kappa shape index (κ3) is 2.87. The third-order valence-corrected chi connectivity index (χ3v) is 5.94. The zero-order chi connectivity index (χ0) is 17.4. The number of aromatic nitrogens is 3. The van der Waals surface area contributed by atoms with Gasteiger partial charge >= 0.3 is 5.97 Å². The summed E-state index contributed by atoms with van der Waals surface area (Å²) in [5.74, 6) is 0.657. The van der Waals surface area contributed by atoms with E-state index < -0.39 is 5.97 Å². The topological polar surface area (TPSA) is 68.0 Å². The number of carboxylic acids is 1. The Morgan fingerprint density at radius 2 is 1.96 bits per heavy atom. The Kier molecular flexibility index (Phi) is 4.13.